The third-order valence-electron chi connectivity index (χ3n) is 3.47. The van der Waals surface area contributed by atoms with Crippen molar-refractivity contribution in [1.29, 1.82) is 0 Å². The van der Waals surface area contributed by atoms with E-state index in [-0.39, 0.29) is 16.6 Å². The van der Waals surface area contributed by atoms with E-state index in [4.69, 9.17) is 16.7 Å². The molecule has 1 fully saturated rings. The Hall–Kier alpha value is -1.75. The van der Waals surface area contributed by atoms with Crippen LogP contribution in [0.25, 0.3) is 0 Å². The van der Waals surface area contributed by atoms with Crippen LogP contribution in [0.3, 0.4) is 0 Å². The van der Waals surface area contributed by atoms with E-state index in [2.05, 4.69) is 10.6 Å². The Labute approximate surface area is 122 Å². The Morgan fingerprint density at radius 1 is 1.30 bits per heavy atom. The van der Waals surface area contributed by atoms with Crippen LogP contribution in [0.4, 0.5) is 10.5 Å². The number of nitrogens with one attached hydrogen (secondary N) is 2. The van der Waals surface area contributed by atoms with Gasteiger partial charge in [-0.1, -0.05) is 30.9 Å². The van der Waals surface area contributed by atoms with Crippen LogP contribution in [0, 0.1) is 5.92 Å². The van der Waals surface area contributed by atoms with Crippen molar-refractivity contribution in [2.75, 3.05) is 11.9 Å². The van der Waals surface area contributed by atoms with Crippen LogP contribution in [0.15, 0.2) is 18.2 Å². The zero-order valence-electron chi connectivity index (χ0n) is 11.0. The monoisotopic (exact) mass is 296 g/mol. The Morgan fingerprint density at radius 2 is 2.05 bits per heavy atom. The number of aromatic carboxylic acids is 1. The van der Waals surface area contributed by atoms with Gasteiger partial charge in [0.15, 0.2) is 0 Å². The largest absolute Gasteiger partial charge is 0.478 e. The number of hydrogen-bond donors (Lipinski definition) is 3. The molecule has 0 aromatic heterocycles. The number of halogens is 1. The second-order valence-corrected chi connectivity index (χ2v) is 5.44. The third kappa shape index (κ3) is 4.13. The molecule has 1 saturated carbocycles. The van der Waals surface area contributed by atoms with Gasteiger partial charge in [0.2, 0.25) is 0 Å². The fourth-order valence-electron chi connectivity index (χ4n) is 2.13. The number of hydrogen-bond acceptors (Lipinski definition) is 2. The Kier molecular flexibility index (Phi) is 4.84. The highest BCUT2D eigenvalue weighted by molar-refractivity contribution is 6.31. The molecule has 0 aliphatic heterocycles. The summed E-state index contributed by atoms with van der Waals surface area (Å²) >= 11 is 5.81. The normalized spacial score (nSPS) is 14.4. The summed E-state index contributed by atoms with van der Waals surface area (Å²) in [6.45, 7) is 0.628. The zero-order valence-corrected chi connectivity index (χ0v) is 11.7. The third-order valence-corrected chi connectivity index (χ3v) is 3.68. The molecule has 5 nitrogen and oxygen atoms in total. The maximum absolute atomic E-state index is 11.7. The summed E-state index contributed by atoms with van der Waals surface area (Å²) < 4.78 is 0. The molecular formula is C14H17ClN2O3. The molecule has 0 bridgehead atoms. The van der Waals surface area contributed by atoms with Crippen LogP contribution >= 0.6 is 11.6 Å². The highest BCUT2D eigenvalue weighted by Crippen LogP contribution is 2.28. The average molecular weight is 297 g/mol. The topological polar surface area (TPSA) is 78.4 Å². The van der Waals surface area contributed by atoms with E-state index in [1.807, 2.05) is 0 Å². The lowest BCUT2D eigenvalue weighted by atomic mass is 9.83. The van der Waals surface area contributed by atoms with E-state index in [9.17, 15) is 9.59 Å². The van der Waals surface area contributed by atoms with Crippen molar-refractivity contribution in [3.05, 3.63) is 28.8 Å². The van der Waals surface area contributed by atoms with Crippen LogP contribution in [0.2, 0.25) is 5.02 Å². The van der Waals surface area contributed by atoms with Crippen LogP contribution < -0.4 is 10.6 Å². The van der Waals surface area contributed by atoms with E-state index in [0.29, 0.717) is 12.2 Å². The van der Waals surface area contributed by atoms with Crippen molar-refractivity contribution >= 4 is 29.3 Å². The molecule has 0 radical (unpaired) electrons. The lowest BCUT2D eigenvalue weighted by molar-refractivity contribution is 0.0697. The van der Waals surface area contributed by atoms with E-state index in [0.717, 1.165) is 12.3 Å². The highest BCUT2D eigenvalue weighted by atomic mass is 35.5. The number of benzene rings is 1. The summed E-state index contributed by atoms with van der Waals surface area (Å²) in [5.41, 5.74) is 0.415. The van der Waals surface area contributed by atoms with Crippen molar-refractivity contribution in [2.24, 2.45) is 5.92 Å². The van der Waals surface area contributed by atoms with Crippen LogP contribution in [-0.2, 0) is 0 Å². The number of anilines is 1. The van der Waals surface area contributed by atoms with Gasteiger partial charge in [0.05, 0.1) is 5.56 Å². The summed E-state index contributed by atoms with van der Waals surface area (Å²) in [4.78, 5) is 22.6. The van der Waals surface area contributed by atoms with Crippen molar-refractivity contribution in [2.45, 2.75) is 25.7 Å². The molecular weight excluding hydrogens is 280 g/mol. The molecule has 0 saturated heterocycles. The molecule has 0 atom stereocenters. The highest BCUT2D eigenvalue weighted by Gasteiger charge is 2.17. The van der Waals surface area contributed by atoms with E-state index in [1.54, 1.807) is 0 Å². The average Bonchev–Trinajstić information content (AvgIpc) is 2.31. The summed E-state index contributed by atoms with van der Waals surface area (Å²) in [5, 5.41) is 14.5. The molecule has 1 aromatic rings. The van der Waals surface area contributed by atoms with Gasteiger partial charge in [-0.2, -0.15) is 0 Å². The van der Waals surface area contributed by atoms with Gasteiger partial charge < -0.3 is 15.7 Å². The number of amides is 2. The number of carbonyl (C=O) groups is 2. The summed E-state index contributed by atoms with van der Waals surface area (Å²) in [7, 11) is 0. The second kappa shape index (κ2) is 6.61. The fourth-order valence-corrected chi connectivity index (χ4v) is 2.37. The van der Waals surface area contributed by atoms with Gasteiger partial charge in [-0.3, -0.25) is 0 Å². The maximum Gasteiger partial charge on any atom is 0.335 e. The predicted octanol–water partition coefficient (Wildman–Crippen LogP) is 3.35. The molecule has 108 valence electrons. The minimum Gasteiger partial charge on any atom is -0.478 e. The van der Waals surface area contributed by atoms with Crippen molar-refractivity contribution in [1.82, 2.24) is 5.32 Å². The Morgan fingerprint density at radius 3 is 2.65 bits per heavy atom. The molecule has 2 amide bonds. The fraction of sp³-hybridized carbons (Fsp3) is 0.429. The Balaban J connectivity index is 1.84. The van der Waals surface area contributed by atoms with Crippen LogP contribution in [-0.4, -0.2) is 23.7 Å². The summed E-state index contributed by atoms with van der Waals surface area (Å²) in [5.74, 6) is -0.346. The molecule has 2 rings (SSSR count). The molecule has 0 unspecified atom stereocenters. The molecule has 3 N–H and O–H groups in total. The van der Waals surface area contributed by atoms with Crippen LogP contribution in [0.5, 0.6) is 0 Å². The first kappa shape index (κ1) is 14.7. The SMILES string of the molecule is O=C(NCCC1CCC1)Nc1cc(Cl)cc(C(=O)O)c1. The lowest BCUT2D eigenvalue weighted by Crippen LogP contribution is -2.31. The number of carboxylic acid groups (broad SMARTS) is 1. The number of urea groups is 1. The van der Waals surface area contributed by atoms with Gasteiger partial charge in [0.25, 0.3) is 0 Å². The number of carbonyl (C=O) groups excluding carboxylic acids is 1. The molecule has 1 aliphatic carbocycles. The standard InChI is InChI=1S/C14H17ClN2O3/c15-11-6-10(13(18)19)7-12(8-11)17-14(20)16-5-4-9-2-1-3-9/h6-9H,1-5H2,(H,18,19)(H2,16,17,20). The van der Waals surface area contributed by atoms with E-state index >= 15 is 0 Å². The smallest absolute Gasteiger partial charge is 0.335 e. The van der Waals surface area contributed by atoms with Gasteiger partial charge in [-0.05, 0) is 30.5 Å². The molecule has 0 heterocycles. The van der Waals surface area contributed by atoms with Crippen molar-refractivity contribution in [3.8, 4) is 0 Å². The first-order valence-electron chi connectivity index (χ1n) is 6.63. The van der Waals surface area contributed by atoms with Gasteiger partial charge in [0.1, 0.15) is 0 Å². The zero-order chi connectivity index (χ0) is 14.5. The first-order chi connectivity index (χ1) is 9.54. The molecule has 1 aliphatic rings. The quantitative estimate of drug-likeness (QED) is 0.779. The van der Waals surface area contributed by atoms with E-state index in [1.165, 1.54) is 37.5 Å². The van der Waals surface area contributed by atoms with Gasteiger partial charge in [0, 0.05) is 17.3 Å². The maximum atomic E-state index is 11.7. The van der Waals surface area contributed by atoms with Gasteiger partial charge >= 0.3 is 12.0 Å². The van der Waals surface area contributed by atoms with Gasteiger partial charge in [-0.25, -0.2) is 9.59 Å². The molecule has 20 heavy (non-hydrogen) atoms. The van der Waals surface area contributed by atoms with Gasteiger partial charge in [-0.15, -0.1) is 0 Å². The lowest BCUT2D eigenvalue weighted by Gasteiger charge is -2.25. The number of carboxylic acids is 1. The molecule has 0 spiro atoms. The predicted molar refractivity (Wildman–Crippen MR) is 77.4 cm³/mol. The summed E-state index contributed by atoms with van der Waals surface area (Å²) in [6.07, 6.45) is 4.78. The molecule has 1 aromatic carbocycles. The minimum atomic E-state index is -1.08. The summed E-state index contributed by atoms with van der Waals surface area (Å²) in [6, 6.07) is 3.88. The minimum absolute atomic E-state index is 0.0438. The van der Waals surface area contributed by atoms with E-state index < -0.39 is 5.97 Å². The van der Waals surface area contributed by atoms with Crippen molar-refractivity contribution in [3.63, 3.8) is 0 Å². The Bertz CT molecular complexity index is 515. The second-order valence-electron chi connectivity index (χ2n) is 5.00. The molecule has 6 heteroatoms. The van der Waals surface area contributed by atoms with Crippen LogP contribution in [0.1, 0.15) is 36.0 Å². The number of rotatable bonds is 5. The van der Waals surface area contributed by atoms with Crippen molar-refractivity contribution < 1.29 is 14.7 Å². The first-order valence-corrected chi connectivity index (χ1v) is 7.01.